The molecule has 1 aromatic heterocycles. The number of aromatic nitrogens is 1. The fraction of sp³-hybridized carbons (Fsp3) is 0.0667. The van der Waals surface area contributed by atoms with Crippen molar-refractivity contribution in [2.45, 2.75) is 6.92 Å². The average Bonchev–Trinajstić information content (AvgIpc) is 2.39. The molecule has 0 saturated heterocycles. The van der Waals surface area contributed by atoms with Gasteiger partial charge in [-0.2, -0.15) is 0 Å². The highest BCUT2D eigenvalue weighted by atomic mass is 35.5. The van der Waals surface area contributed by atoms with Gasteiger partial charge in [-0.05, 0) is 47.9 Å². The smallest absolute Gasteiger partial charge is 0.328 e. The highest BCUT2D eigenvalue weighted by Gasteiger charge is 2.06. The number of pyridine rings is 1. The zero-order valence-corrected chi connectivity index (χ0v) is 11.1. The van der Waals surface area contributed by atoms with Crippen molar-refractivity contribution in [2.24, 2.45) is 0 Å². The van der Waals surface area contributed by atoms with Gasteiger partial charge in [-0.15, -0.1) is 0 Å². The van der Waals surface area contributed by atoms with Crippen molar-refractivity contribution >= 4 is 23.1 Å². The number of halogens is 1. The van der Waals surface area contributed by atoms with Crippen LogP contribution in [-0.4, -0.2) is 16.1 Å². The number of carboxylic acids is 1. The number of rotatable bonds is 3. The maximum Gasteiger partial charge on any atom is 0.328 e. The standard InChI is InChI=1S/C15H12ClNO2/c1-10(8-15(18)19)12-2-3-14(16)13(9-12)11-4-6-17-7-5-11/h2-9H,1H3,(H,18,19)/b10-8+. The van der Waals surface area contributed by atoms with E-state index in [4.69, 9.17) is 16.7 Å². The summed E-state index contributed by atoms with van der Waals surface area (Å²) < 4.78 is 0. The molecule has 0 radical (unpaired) electrons. The van der Waals surface area contributed by atoms with Crippen molar-refractivity contribution in [1.29, 1.82) is 0 Å². The average molecular weight is 274 g/mol. The summed E-state index contributed by atoms with van der Waals surface area (Å²) in [5, 5.41) is 9.40. The van der Waals surface area contributed by atoms with Crippen LogP contribution in [0.1, 0.15) is 12.5 Å². The summed E-state index contributed by atoms with van der Waals surface area (Å²) in [5.74, 6) is -0.960. The zero-order valence-electron chi connectivity index (χ0n) is 10.3. The first-order valence-corrected chi connectivity index (χ1v) is 6.07. The SMILES string of the molecule is C/C(=C\C(=O)O)c1ccc(Cl)c(-c2ccncc2)c1. The second-order valence-electron chi connectivity index (χ2n) is 4.10. The minimum atomic E-state index is -0.960. The predicted octanol–water partition coefficient (Wildman–Crippen LogP) is 3.89. The second-order valence-corrected chi connectivity index (χ2v) is 4.50. The molecule has 0 aliphatic carbocycles. The van der Waals surface area contributed by atoms with Crippen LogP contribution in [0.5, 0.6) is 0 Å². The summed E-state index contributed by atoms with van der Waals surface area (Å²) in [7, 11) is 0. The van der Waals surface area contributed by atoms with Gasteiger partial charge in [-0.1, -0.05) is 17.7 Å². The zero-order chi connectivity index (χ0) is 13.8. The van der Waals surface area contributed by atoms with Gasteiger partial charge in [0.15, 0.2) is 0 Å². The Bertz CT molecular complexity index is 636. The largest absolute Gasteiger partial charge is 0.478 e. The number of benzene rings is 1. The third-order valence-electron chi connectivity index (χ3n) is 2.75. The van der Waals surface area contributed by atoms with E-state index in [1.807, 2.05) is 24.3 Å². The number of carbonyl (C=O) groups is 1. The van der Waals surface area contributed by atoms with Gasteiger partial charge in [0.05, 0.1) is 0 Å². The first kappa shape index (κ1) is 13.3. The number of carboxylic acid groups (broad SMARTS) is 1. The monoisotopic (exact) mass is 273 g/mol. The first-order chi connectivity index (χ1) is 9.08. The van der Waals surface area contributed by atoms with E-state index in [0.717, 1.165) is 16.7 Å². The minimum absolute atomic E-state index is 0.623. The van der Waals surface area contributed by atoms with Gasteiger partial charge in [0.25, 0.3) is 0 Å². The lowest BCUT2D eigenvalue weighted by Gasteiger charge is -2.08. The lowest BCUT2D eigenvalue weighted by atomic mass is 10.00. The fourth-order valence-electron chi connectivity index (χ4n) is 1.79. The van der Waals surface area contributed by atoms with Gasteiger partial charge >= 0.3 is 5.97 Å². The van der Waals surface area contributed by atoms with Crippen LogP contribution >= 0.6 is 11.6 Å². The Morgan fingerprint density at radius 1 is 1.26 bits per heavy atom. The molecule has 1 aromatic carbocycles. The van der Waals surface area contributed by atoms with Crippen molar-refractivity contribution < 1.29 is 9.90 Å². The molecule has 2 rings (SSSR count). The van der Waals surface area contributed by atoms with Crippen LogP contribution in [0.4, 0.5) is 0 Å². The third kappa shape index (κ3) is 3.20. The van der Waals surface area contributed by atoms with Crippen molar-refractivity contribution in [3.05, 3.63) is 59.4 Å². The molecule has 2 aromatic rings. The maximum absolute atomic E-state index is 10.7. The summed E-state index contributed by atoms with van der Waals surface area (Å²) in [6.07, 6.45) is 4.57. The van der Waals surface area contributed by atoms with Crippen molar-refractivity contribution in [1.82, 2.24) is 4.98 Å². The first-order valence-electron chi connectivity index (χ1n) is 5.69. The highest BCUT2D eigenvalue weighted by Crippen LogP contribution is 2.30. The van der Waals surface area contributed by atoms with Crippen LogP contribution in [0.3, 0.4) is 0 Å². The second kappa shape index (κ2) is 5.67. The fourth-order valence-corrected chi connectivity index (χ4v) is 2.02. The number of nitrogens with zero attached hydrogens (tertiary/aromatic N) is 1. The molecule has 4 heteroatoms. The van der Waals surface area contributed by atoms with E-state index in [1.54, 1.807) is 25.4 Å². The van der Waals surface area contributed by atoms with Crippen LogP contribution in [0.2, 0.25) is 5.02 Å². The topological polar surface area (TPSA) is 50.2 Å². The van der Waals surface area contributed by atoms with Gasteiger partial charge < -0.3 is 5.11 Å². The van der Waals surface area contributed by atoms with Crippen LogP contribution < -0.4 is 0 Å². The van der Waals surface area contributed by atoms with Gasteiger partial charge in [0, 0.05) is 29.1 Å². The highest BCUT2D eigenvalue weighted by molar-refractivity contribution is 6.33. The van der Waals surface area contributed by atoms with Crippen molar-refractivity contribution in [3.8, 4) is 11.1 Å². The van der Waals surface area contributed by atoms with Crippen LogP contribution in [0, 0.1) is 0 Å². The Kier molecular flexibility index (Phi) is 3.97. The minimum Gasteiger partial charge on any atom is -0.478 e. The molecule has 3 nitrogen and oxygen atoms in total. The Balaban J connectivity index is 2.50. The lowest BCUT2D eigenvalue weighted by Crippen LogP contribution is -1.91. The van der Waals surface area contributed by atoms with E-state index in [2.05, 4.69) is 4.98 Å². The van der Waals surface area contributed by atoms with E-state index in [1.165, 1.54) is 6.08 Å². The summed E-state index contributed by atoms with van der Waals surface area (Å²) in [6.45, 7) is 1.76. The number of hydrogen-bond donors (Lipinski definition) is 1. The molecule has 0 aliphatic heterocycles. The molecule has 0 unspecified atom stereocenters. The number of hydrogen-bond acceptors (Lipinski definition) is 2. The molecule has 96 valence electrons. The molecular weight excluding hydrogens is 262 g/mol. The summed E-state index contributed by atoms with van der Waals surface area (Å²) in [4.78, 5) is 14.7. The summed E-state index contributed by atoms with van der Waals surface area (Å²) >= 11 is 6.18. The molecule has 19 heavy (non-hydrogen) atoms. The molecule has 0 amide bonds. The van der Waals surface area contributed by atoms with E-state index < -0.39 is 5.97 Å². The molecule has 0 bridgehead atoms. The van der Waals surface area contributed by atoms with E-state index in [9.17, 15) is 4.79 Å². The lowest BCUT2D eigenvalue weighted by molar-refractivity contribution is -0.131. The molecule has 0 spiro atoms. The van der Waals surface area contributed by atoms with Crippen molar-refractivity contribution in [2.75, 3.05) is 0 Å². The Morgan fingerprint density at radius 2 is 1.95 bits per heavy atom. The summed E-state index contributed by atoms with van der Waals surface area (Å²) in [6, 6.07) is 9.18. The Hall–Kier alpha value is -2.13. The quantitative estimate of drug-likeness (QED) is 0.863. The van der Waals surface area contributed by atoms with E-state index in [-0.39, 0.29) is 0 Å². The maximum atomic E-state index is 10.7. The van der Waals surface area contributed by atoms with E-state index in [0.29, 0.717) is 10.6 Å². The van der Waals surface area contributed by atoms with Crippen LogP contribution in [0.15, 0.2) is 48.8 Å². The molecule has 1 N–H and O–H groups in total. The Labute approximate surface area is 116 Å². The molecule has 0 aliphatic rings. The molecule has 1 heterocycles. The van der Waals surface area contributed by atoms with Crippen LogP contribution in [0.25, 0.3) is 16.7 Å². The van der Waals surface area contributed by atoms with Gasteiger partial charge in [0.2, 0.25) is 0 Å². The predicted molar refractivity (Wildman–Crippen MR) is 76.0 cm³/mol. The number of aliphatic carboxylic acids is 1. The normalized spacial score (nSPS) is 11.4. The van der Waals surface area contributed by atoms with Gasteiger partial charge in [-0.25, -0.2) is 4.79 Å². The third-order valence-corrected chi connectivity index (χ3v) is 3.08. The van der Waals surface area contributed by atoms with E-state index >= 15 is 0 Å². The summed E-state index contributed by atoms with van der Waals surface area (Å²) in [5.41, 5.74) is 3.32. The Morgan fingerprint density at radius 3 is 2.58 bits per heavy atom. The number of allylic oxidation sites excluding steroid dienone is 1. The van der Waals surface area contributed by atoms with Crippen LogP contribution in [-0.2, 0) is 4.79 Å². The molecule has 0 atom stereocenters. The molecular formula is C15H12ClNO2. The van der Waals surface area contributed by atoms with Gasteiger partial charge in [-0.3, -0.25) is 4.98 Å². The van der Waals surface area contributed by atoms with Gasteiger partial charge in [0.1, 0.15) is 0 Å². The molecule has 0 fully saturated rings. The van der Waals surface area contributed by atoms with Crippen molar-refractivity contribution in [3.63, 3.8) is 0 Å². The molecule has 0 saturated carbocycles.